The fourth-order valence-electron chi connectivity index (χ4n) is 3.65. The summed E-state index contributed by atoms with van der Waals surface area (Å²) in [6.45, 7) is 7.18. The van der Waals surface area contributed by atoms with Crippen LogP contribution in [0.3, 0.4) is 0 Å². The predicted molar refractivity (Wildman–Crippen MR) is 119 cm³/mol. The van der Waals surface area contributed by atoms with Gasteiger partial charge < -0.3 is 20.5 Å². The van der Waals surface area contributed by atoms with E-state index in [-0.39, 0.29) is 12.5 Å². The van der Waals surface area contributed by atoms with Crippen LogP contribution in [0.15, 0.2) is 48.5 Å². The molecule has 2 aromatic rings. The summed E-state index contributed by atoms with van der Waals surface area (Å²) in [7, 11) is 0. The van der Waals surface area contributed by atoms with Crippen LogP contribution in [0.25, 0.3) is 0 Å². The van der Waals surface area contributed by atoms with Crippen LogP contribution in [0.1, 0.15) is 34.8 Å². The summed E-state index contributed by atoms with van der Waals surface area (Å²) in [5, 5.41) is 16.5. The van der Waals surface area contributed by atoms with Crippen molar-refractivity contribution >= 4 is 5.91 Å². The third kappa shape index (κ3) is 6.83. The van der Waals surface area contributed by atoms with Crippen molar-refractivity contribution in [3.63, 3.8) is 0 Å². The Labute approximate surface area is 179 Å². The van der Waals surface area contributed by atoms with Crippen LogP contribution < -0.4 is 15.4 Å². The van der Waals surface area contributed by atoms with Gasteiger partial charge in [-0.3, -0.25) is 9.69 Å². The quantitative estimate of drug-likeness (QED) is 0.495. The number of aliphatic hydroxyl groups is 1. The first-order chi connectivity index (χ1) is 14.7. The standard InChI is InChI=1S/C24H33N3O3/c1-2-25-13-5-15-30-23-10-8-20(9-11-23)24(29)26-16-22(28)18-27-14-12-19-6-3-4-7-21(19)17-27/h3-4,6-11,22,25,28H,2,5,12-18H2,1H3,(H,26,29)/t22-/m0/s1. The lowest BCUT2D eigenvalue weighted by molar-refractivity contribution is 0.0842. The number of nitrogens with zero attached hydrogens (tertiary/aromatic N) is 1. The molecule has 3 N–H and O–H groups in total. The zero-order valence-electron chi connectivity index (χ0n) is 17.8. The molecule has 0 fully saturated rings. The van der Waals surface area contributed by atoms with E-state index >= 15 is 0 Å². The largest absolute Gasteiger partial charge is 0.494 e. The zero-order valence-corrected chi connectivity index (χ0v) is 17.8. The molecule has 3 rings (SSSR count). The normalized spacial score (nSPS) is 14.7. The minimum Gasteiger partial charge on any atom is -0.494 e. The average Bonchev–Trinajstić information content (AvgIpc) is 2.77. The monoisotopic (exact) mass is 411 g/mol. The second-order valence-electron chi connectivity index (χ2n) is 7.70. The Morgan fingerprint density at radius 1 is 1.17 bits per heavy atom. The maximum Gasteiger partial charge on any atom is 0.251 e. The molecule has 1 amide bonds. The number of ether oxygens (including phenoxy) is 1. The molecule has 0 bridgehead atoms. The molecule has 0 aliphatic carbocycles. The maximum atomic E-state index is 12.4. The van der Waals surface area contributed by atoms with E-state index in [1.54, 1.807) is 12.1 Å². The van der Waals surface area contributed by atoms with E-state index in [1.807, 2.05) is 12.1 Å². The molecule has 0 radical (unpaired) electrons. The van der Waals surface area contributed by atoms with Gasteiger partial charge in [0.2, 0.25) is 0 Å². The first kappa shape index (κ1) is 22.3. The van der Waals surface area contributed by atoms with Crippen LogP contribution in [0.2, 0.25) is 0 Å². The zero-order chi connectivity index (χ0) is 21.2. The van der Waals surface area contributed by atoms with E-state index < -0.39 is 6.10 Å². The number of fused-ring (bicyclic) bond motifs is 1. The molecule has 162 valence electrons. The Balaban J connectivity index is 1.37. The van der Waals surface area contributed by atoms with Gasteiger partial charge in [-0.25, -0.2) is 0 Å². The van der Waals surface area contributed by atoms with E-state index in [9.17, 15) is 9.90 Å². The van der Waals surface area contributed by atoms with Crippen molar-refractivity contribution in [2.75, 3.05) is 39.3 Å². The molecule has 2 aromatic carbocycles. The SMILES string of the molecule is CCNCCCOc1ccc(C(=O)NC[C@H](O)CN2CCc3ccccc3C2)cc1. The predicted octanol–water partition coefficient (Wildman–Crippen LogP) is 2.21. The van der Waals surface area contributed by atoms with Gasteiger partial charge in [-0.15, -0.1) is 0 Å². The van der Waals surface area contributed by atoms with E-state index in [4.69, 9.17) is 4.74 Å². The highest BCUT2D eigenvalue weighted by molar-refractivity contribution is 5.94. The summed E-state index contributed by atoms with van der Waals surface area (Å²) in [5.74, 6) is 0.574. The molecule has 1 atom stereocenters. The molecule has 1 heterocycles. The van der Waals surface area contributed by atoms with Crippen molar-refractivity contribution < 1.29 is 14.6 Å². The summed E-state index contributed by atoms with van der Waals surface area (Å²) in [4.78, 5) is 14.6. The number of carbonyl (C=O) groups excluding carboxylic acids is 1. The number of nitrogens with one attached hydrogen (secondary N) is 2. The highest BCUT2D eigenvalue weighted by atomic mass is 16.5. The van der Waals surface area contributed by atoms with Gasteiger partial charge in [-0.1, -0.05) is 31.2 Å². The Kier molecular flexibility index (Phi) is 8.68. The van der Waals surface area contributed by atoms with E-state index in [1.165, 1.54) is 11.1 Å². The summed E-state index contributed by atoms with van der Waals surface area (Å²) in [5.41, 5.74) is 3.28. The van der Waals surface area contributed by atoms with Crippen LogP contribution in [0.4, 0.5) is 0 Å². The highest BCUT2D eigenvalue weighted by Gasteiger charge is 2.19. The number of carbonyl (C=O) groups is 1. The van der Waals surface area contributed by atoms with Gasteiger partial charge in [-0.2, -0.15) is 0 Å². The lowest BCUT2D eigenvalue weighted by atomic mass is 10.00. The number of β-amino-alcohol motifs (C(OH)–C–C–N with tert-alkyl or cyclic N) is 1. The third-order valence-corrected chi connectivity index (χ3v) is 5.31. The van der Waals surface area contributed by atoms with E-state index in [0.717, 1.165) is 44.8 Å². The lowest BCUT2D eigenvalue weighted by Crippen LogP contribution is -2.42. The Hall–Kier alpha value is -2.41. The van der Waals surface area contributed by atoms with Gasteiger partial charge in [0.15, 0.2) is 0 Å². The molecule has 0 aromatic heterocycles. The number of hydrogen-bond donors (Lipinski definition) is 3. The van der Waals surface area contributed by atoms with Gasteiger partial charge in [0, 0.05) is 31.7 Å². The minimum atomic E-state index is -0.599. The third-order valence-electron chi connectivity index (χ3n) is 5.31. The first-order valence-electron chi connectivity index (χ1n) is 10.8. The second-order valence-corrected chi connectivity index (χ2v) is 7.70. The van der Waals surface area contributed by atoms with Gasteiger partial charge in [-0.05, 0) is 61.3 Å². The number of rotatable bonds is 11. The van der Waals surface area contributed by atoms with Crippen molar-refractivity contribution in [2.45, 2.75) is 32.4 Å². The summed E-state index contributed by atoms with van der Waals surface area (Å²) in [6.07, 6.45) is 1.34. The molecule has 0 spiro atoms. The van der Waals surface area contributed by atoms with Crippen molar-refractivity contribution in [1.29, 1.82) is 0 Å². The number of hydrogen-bond acceptors (Lipinski definition) is 5. The number of benzene rings is 2. The van der Waals surface area contributed by atoms with Gasteiger partial charge in [0.1, 0.15) is 5.75 Å². The van der Waals surface area contributed by atoms with Gasteiger partial charge in [0.05, 0.1) is 12.7 Å². The van der Waals surface area contributed by atoms with Gasteiger partial charge >= 0.3 is 0 Å². The van der Waals surface area contributed by atoms with Crippen molar-refractivity contribution in [1.82, 2.24) is 15.5 Å². The second kappa shape index (κ2) is 11.7. The molecule has 1 aliphatic rings. The molecular weight excluding hydrogens is 378 g/mol. The lowest BCUT2D eigenvalue weighted by Gasteiger charge is -2.30. The Morgan fingerprint density at radius 3 is 2.70 bits per heavy atom. The Bertz CT molecular complexity index is 795. The van der Waals surface area contributed by atoms with Crippen LogP contribution in [-0.2, 0) is 13.0 Å². The molecule has 0 saturated heterocycles. The van der Waals surface area contributed by atoms with Crippen molar-refractivity contribution in [3.8, 4) is 5.75 Å². The molecule has 6 heteroatoms. The van der Waals surface area contributed by atoms with Crippen LogP contribution >= 0.6 is 0 Å². The Morgan fingerprint density at radius 2 is 1.93 bits per heavy atom. The smallest absolute Gasteiger partial charge is 0.251 e. The van der Waals surface area contributed by atoms with E-state index in [0.29, 0.717) is 18.7 Å². The minimum absolute atomic E-state index is 0.184. The van der Waals surface area contributed by atoms with Gasteiger partial charge in [0.25, 0.3) is 5.91 Å². The molecule has 1 aliphatic heterocycles. The molecular formula is C24H33N3O3. The molecule has 0 saturated carbocycles. The van der Waals surface area contributed by atoms with Crippen LogP contribution in [0, 0.1) is 0 Å². The topological polar surface area (TPSA) is 73.8 Å². The number of amides is 1. The molecule has 30 heavy (non-hydrogen) atoms. The fraction of sp³-hybridized carbons (Fsp3) is 0.458. The summed E-state index contributed by atoms with van der Waals surface area (Å²) < 4.78 is 5.68. The highest BCUT2D eigenvalue weighted by Crippen LogP contribution is 2.18. The van der Waals surface area contributed by atoms with Crippen LogP contribution in [-0.4, -0.2) is 61.3 Å². The average molecular weight is 412 g/mol. The summed E-state index contributed by atoms with van der Waals surface area (Å²) >= 11 is 0. The van der Waals surface area contributed by atoms with Crippen molar-refractivity contribution in [3.05, 3.63) is 65.2 Å². The molecule has 6 nitrogen and oxygen atoms in total. The molecule has 0 unspecified atom stereocenters. The first-order valence-corrected chi connectivity index (χ1v) is 10.8. The van der Waals surface area contributed by atoms with E-state index in [2.05, 4.69) is 46.7 Å². The summed E-state index contributed by atoms with van der Waals surface area (Å²) in [6, 6.07) is 15.6. The van der Waals surface area contributed by atoms with Crippen molar-refractivity contribution in [2.24, 2.45) is 0 Å². The van der Waals surface area contributed by atoms with Crippen LogP contribution in [0.5, 0.6) is 5.75 Å². The maximum absolute atomic E-state index is 12.4. The number of aliphatic hydroxyl groups excluding tert-OH is 1. The fourth-order valence-corrected chi connectivity index (χ4v) is 3.65.